The zero-order valence-corrected chi connectivity index (χ0v) is 10.1. The third-order valence-electron chi connectivity index (χ3n) is 2.54. The van der Waals surface area contributed by atoms with E-state index in [1.165, 1.54) is 0 Å². The van der Waals surface area contributed by atoms with Crippen molar-refractivity contribution in [3.63, 3.8) is 0 Å². The summed E-state index contributed by atoms with van der Waals surface area (Å²) >= 11 is 1.84. The smallest absolute Gasteiger partial charge is 0.151 e. The van der Waals surface area contributed by atoms with Crippen LogP contribution < -0.4 is 0 Å². The van der Waals surface area contributed by atoms with Crippen LogP contribution in [0.3, 0.4) is 0 Å². The molecule has 0 aliphatic carbocycles. The van der Waals surface area contributed by atoms with Crippen LogP contribution in [0.1, 0.15) is 27.2 Å². The van der Waals surface area contributed by atoms with Gasteiger partial charge in [-0.3, -0.25) is 0 Å². The standard InChI is InChI=1S/C9H18O2S2/c1-7(2)8(3)12-9-4-5-13(10,11)6-9/h7-9H,4-6H2,1-3H3. The van der Waals surface area contributed by atoms with Crippen molar-refractivity contribution in [2.24, 2.45) is 5.92 Å². The summed E-state index contributed by atoms with van der Waals surface area (Å²) in [6.45, 7) is 6.54. The van der Waals surface area contributed by atoms with Crippen LogP contribution in [0, 0.1) is 5.92 Å². The van der Waals surface area contributed by atoms with E-state index >= 15 is 0 Å². The average Bonchev–Trinajstić information content (AvgIpc) is 2.30. The van der Waals surface area contributed by atoms with Crippen molar-refractivity contribution in [3.8, 4) is 0 Å². The highest BCUT2D eigenvalue weighted by Crippen LogP contribution is 2.30. The van der Waals surface area contributed by atoms with Gasteiger partial charge in [0.1, 0.15) is 0 Å². The van der Waals surface area contributed by atoms with Crippen LogP contribution in [0.25, 0.3) is 0 Å². The molecule has 2 unspecified atom stereocenters. The van der Waals surface area contributed by atoms with E-state index in [0.717, 1.165) is 6.42 Å². The van der Waals surface area contributed by atoms with Crippen LogP contribution in [0.15, 0.2) is 0 Å². The van der Waals surface area contributed by atoms with Crippen molar-refractivity contribution in [2.75, 3.05) is 11.5 Å². The van der Waals surface area contributed by atoms with Gasteiger partial charge in [0.25, 0.3) is 0 Å². The van der Waals surface area contributed by atoms with Gasteiger partial charge in [-0.25, -0.2) is 8.42 Å². The molecule has 1 heterocycles. The van der Waals surface area contributed by atoms with Crippen LogP contribution in [0.4, 0.5) is 0 Å². The summed E-state index contributed by atoms with van der Waals surface area (Å²) < 4.78 is 22.4. The van der Waals surface area contributed by atoms with Gasteiger partial charge in [-0.15, -0.1) is 0 Å². The molecule has 0 aromatic heterocycles. The first-order valence-corrected chi connectivity index (χ1v) is 7.53. The summed E-state index contributed by atoms with van der Waals surface area (Å²) in [5, 5.41) is 0.917. The Morgan fingerprint density at radius 3 is 2.31 bits per heavy atom. The topological polar surface area (TPSA) is 34.1 Å². The Kier molecular flexibility index (Phi) is 3.69. The Hall–Kier alpha value is 0.300. The Morgan fingerprint density at radius 2 is 1.92 bits per heavy atom. The molecule has 13 heavy (non-hydrogen) atoms. The fraction of sp³-hybridized carbons (Fsp3) is 1.00. The Balaban J connectivity index is 2.41. The second kappa shape index (κ2) is 4.22. The molecule has 1 rings (SSSR count). The number of hydrogen-bond acceptors (Lipinski definition) is 3. The van der Waals surface area contributed by atoms with Gasteiger partial charge in [0.2, 0.25) is 0 Å². The van der Waals surface area contributed by atoms with E-state index in [9.17, 15) is 8.42 Å². The number of sulfone groups is 1. The van der Waals surface area contributed by atoms with Crippen LogP contribution in [0.2, 0.25) is 0 Å². The Bertz CT molecular complexity index is 257. The molecule has 1 saturated heterocycles. The molecule has 0 amide bonds. The molecule has 0 spiro atoms. The zero-order valence-electron chi connectivity index (χ0n) is 8.49. The molecule has 0 aromatic carbocycles. The maximum absolute atomic E-state index is 11.2. The van der Waals surface area contributed by atoms with Crippen molar-refractivity contribution in [2.45, 2.75) is 37.7 Å². The molecule has 1 aliphatic rings. The van der Waals surface area contributed by atoms with Gasteiger partial charge in [0.15, 0.2) is 9.84 Å². The van der Waals surface area contributed by atoms with E-state index in [4.69, 9.17) is 0 Å². The van der Waals surface area contributed by atoms with Gasteiger partial charge in [-0.1, -0.05) is 20.8 Å². The van der Waals surface area contributed by atoms with Gasteiger partial charge in [0, 0.05) is 10.5 Å². The first-order chi connectivity index (χ1) is 5.91. The molecule has 0 radical (unpaired) electrons. The molecular formula is C9H18O2S2. The summed E-state index contributed by atoms with van der Waals surface area (Å²) in [5.41, 5.74) is 0. The molecule has 0 aromatic rings. The monoisotopic (exact) mass is 222 g/mol. The van der Waals surface area contributed by atoms with Gasteiger partial charge in [0.05, 0.1) is 11.5 Å². The van der Waals surface area contributed by atoms with Crippen molar-refractivity contribution in [1.29, 1.82) is 0 Å². The maximum atomic E-state index is 11.2. The molecule has 0 bridgehead atoms. The molecule has 4 heteroatoms. The second-order valence-electron chi connectivity index (χ2n) is 4.11. The highest BCUT2D eigenvalue weighted by Gasteiger charge is 2.29. The summed E-state index contributed by atoms with van der Waals surface area (Å²) in [7, 11) is -2.69. The highest BCUT2D eigenvalue weighted by molar-refractivity contribution is 8.02. The largest absolute Gasteiger partial charge is 0.229 e. The molecule has 1 aliphatic heterocycles. The van der Waals surface area contributed by atoms with Gasteiger partial charge in [-0.05, 0) is 12.3 Å². The number of rotatable bonds is 3. The van der Waals surface area contributed by atoms with Crippen LogP contribution in [-0.4, -0.2) is 30.4 Å². The van der Waals surface area contributed by atoms with Crippen molar-refractivity contribution < 1.29 is 8.42 Å². The Morgan fingerprint density at radius 1 is 1.31 bits per heavy atom. The molecule has 1 fully saturated rings. The lowest BCUT2D eigenvalue weighted by molar-refractivity contribution is 0.602. The number of thioether (sulfide) groups is 1. The molecular weight excluding hydrogens is 204 g/mol. The summed E-state index contributed by atoms with van der Waals surface area (Å²) in [6.07, 6.45) is 0.851. The third-order valence-corrected chi connectivity index (χ3v) is 6.28. The first-order valence-electron chi connectivity index (χ1n) is 4.76. The molecule has 2 atom stereocenters. The van der Waals surface area contributed by atoms with Crippen molar-refractivity contribution in [3.05, 3.63) is 0 Å². The summed E-state index contributed by atoms with van der Waals surface area (Å²) in [5.74, 6) is 1.43. The normalized spacial score (nSPS) is 29.4. The average molecular weight is 222 g/mol. The minimum atomic E-state index is -2.69. The lowest BCUT2D eigenvalue weighted by Gasteiger charge is -2.18. The van der Waals surface area contributed by atoms with E-state index < -0.39 is 9.84 Å². The summed E-state index contributed by atoms with van der Waals surface area (Å²) in [6, 6.07) is 0. The minimum Gasteiger partial charge on any atom is -0.229 e. The quantitative estimate of drug-likeness (QED) is 0.732. The van der Waals surface area contributed by atoms with Crippen molar-refractivity contribution in [1.82, 2.24) is 0 Å². The van der Waals surface area contributed by atoms with E-state index in [1.54, 1.807) is 0 Å². The van der Waals surface area contributed by atoms with Crippen LogP contribution >= 0.6 is 11.8 Å². The predicted molar refractivity (Wildman–Crippen MR) is 58.9 cm³/mol. The molecule has 78 valence electrons. The van der Waals surface area contributed by atoms with Crippen LogP contribution in [0.5, 0.6) is 0 Å². The van der Waals surface area contributed by atoms with Crippen molar-refractivity contribution >= 4 is 21.6 Å². The second-order valence-corrected chi connectivity index (χ2v) is 8.02. The lowest BCUT2D eigenvalue weighted by Crippen LogP contribution is -2.14. The SMILES string of the molecule is CC(C)C(C)SC1CCS(=O)(=O)C1. The fourth-order valence-corrected chi connectivity index (χ4v) is 5.13. The molecule has 0 N–H and O–H groups in total. The van der Waals surface area contributed by atoms with E-state index in [1.807, 2.05) is 11.8 Å². The van der Waals surface area contributed by atoms with Gasteiger partial charge in [-0.2, -0.15) is 11.8 Å². The highest BCUT2D eigenvalue weighted by atomic mass is 32.2. The minimum absolute atomic E-state index is 0.349. The fourth-order valence-electron chi connectivity index (χ4n) is 1.33. The van der Waals surface area contributed by atoms with E-state index in [2.05, 4.69) is 20.8 Å². The first kappa shape index (κ1) is 11.4. The van der Waals surface area contributed by atoms with E-state index in [0.29, 0.717) is 27.9 Å². The summed E-state index contributed by atoms with van der Waals surface area (Å²) in [4.78, 5) is 0. The maximum Gasteiger partial charge on any atom is 0.151 e. The third kappa shape index (κ3) is 3.50. The lowest BCUT2D eigenvalue weighted by atomic mass is 10.2. The molecule has 0 saturated carbocycles. The predicted octanol–water partition coefficient (Wildman–Crippen LogP) is 1.95. The Labute approximate surface area is 85.4 Å². The van der Waals surface area contributed by atoms with Gasteiger partial charge < -0.3 is 0 Å². The number of hydrogen-bond donors (Lipinski definition) is 0. The zero-order chi connectivity index (χ0) is 10.1. The van der Waals surface area contributed by atoms with Gasteiger partial charge >= 0.3 is 0 Å². The molecule has 2 nitrogen and oxygen atoms in total. The van der Waals surface area contributed by atoms with E-state index in [-0.39, 0.29) is 0 Å². The van der Waals surface area contributed by atoms with Crippen LogP contribution in [-0.2, 0) is 9.84 Å².